The first-order valence-electron chi connectivity index (χ1n) is 6.05. The molecule has 1 fully saturated rings. The Morgan fingerprint density at radius 2 is 1.94 bits per heavy atom. The Kier molecular flexibility index (Phi) is 3.02. The van der Waals surface area contributed by atoms with E-state index in [1.807, 2.05) is 12.1 Å². The second-order valence-corrected chi connectivity index (χ2v) is 5.62. The molecule has 1 unspecified atom stereocenters. The fourth-order valence-electron chi connectivity index (χ4n) is 2.50. The molecule has 1 atom stereocenters. The number of nitrogens with zero attached hydrogens (tertiary/aromatic N) is 1. The summed E-state index contributed by atoms with van der Waals surface area (Å²) in [5.74, 6) is 0.362. The van der Waals surface area contributed by atoms with Crippen LogP contribution in [0, 0.1) is 16.7 Å². The fourth-order valence-corrected chi connectivity index (χ4v) is 2.50. The highest BCUT2D eigenvalue weighted by atomic mass is 16.1. The van der Waals surface area contributed by atoms with E-state index >= 15 is 0 Å². The second-order valence-electron chi connectivity index (χ2n) is 5.62. The van der Waals surface area contributed by atoms with Crippen molar-refractivity contribution in [2.24, 2.45) is 5.41 Å². The van der Waals surface area contributed by atoms with Gasteiger partial charge in [-0.05, 0) is 36.0 Å². The molecule has 1 aromatic carbocycles. The van der Waals surface area contributed by atoms with Crippen LogP contribution < -0.4 is 0 Å². The first-order chi connectivity index (χ1) is 8.02. The highest BCUT2D eigenvalue weighted by Gasteiger charge is 2.34. The van der Waals surface area contributed by atoms with Crippen molar-refractivity contribution in [1.82, 2.24) is 0 Å². The van der Waals surface area contributed by atoms with Gasteiger partial charge in [0.25, 0.3) is 0 Å². The van der Waals surface area contributed by atoms with Crippen molar-refractivity contribution < 1.29 is 4.79 Å². The smallest absolute Gasteiger partial charge is 0.140 e. The van der Waals surface area contributed by atoms with Crippen molar-refractivity contribution in [1.29, 1.82) is 5.26 Å². The van der Waals surface area contributed by atoms with Gasteiger partial charge in [-0.1, -0.05) is 26.0 Å². The van der Waals surface area contributed by atoms with E-state index in [9.17, 15) is 4.79 Å². The lowest BCUT2D eigenvalue weighted by molar-refractivity contribution is -0.123. The third kappa shape index (κ3) is 2.55. The number of carbonyl (C=O) groups excluding carboxylic acids is 1. The first-order valence-corrected chi connectivity index (χ1v) is 6.05. The molecule has 0 heterocycles. The molecular formula is C15H17NO. The van der Waals surface area contributed by atoms with Gasteiger partial charge < -0.3 is 0 Å². The minimum Gasteiger partial charge on any atom is -0.299 e. The second kappa shape index (κ2) is 4.33. The maximum absolute atomic E-state index is 12.0. The molecule has 0 N–H and O–H groups in total. The molecule has 1 saturated carbocycles. The Bertz CT molecular complexity index is 465. The van der Waals surface area contributed by atoms with Crippen molar-refractivity contribution in [2.75, 3.05) is 0 Å². The van der Waals surface area contributed by atoms with Crippen LogP contribution in [0.15, 0.2) is 24.3 Å². The number of carbonyl (C=O) groups is 1. The largest absolute Gasteiger partial charge is 0.299 e. The van der Waals surface area contributed by atoms with Gasteiger partial charge in [0.15, 0.2) is 0 Å². The zero-order valence-corrected chi connectivity index (χ0v) is 10.4. The molecule has 17 heavy (non-hydrogen) atoms. The molecule has 2 rings (SSSR count). The van der Waals surface area contributed by atoms with Crippen LogP contribution >= 0.6 is 0 Å². The van der Waals surface area contributed by atoms with Gasteiger partial charge in [0.05, 0.1) is 11.6 Å². The standard InChI is InChI=1S/C15H17NO/c1-15(2)8-7-14(17)13(9-15)12-5-3-11(10-16)4-6-12/h3-6,13H,7-9H2,1-2H3. The zero-order valence-electron chi connectivity index (χ0n) is 10.4. The van der Waals surface area contributed by atoms with E-state index in [2.05, 4.69) is 19.9 Å². The van der Waals surface area contributed by atoms with E-state index < -0.39 is 0 Å². The Morgan fingerprint density at radius 1 is 1.29 bits per heavy atom. The summed E-state index contributed by atoms with van der Waals surface area (Å²) < 4.78 is 0. The van der Waals surface area contributed by atoms with Crippen LogP contribution in [0.2, 0.25) is 0 Å². The SMILES string of the molecule is CC1(C)CCC(=O)C(c2ccc(C#N)cc2)C1. The first kappa shape index (κ1) is 11.9. The molecule has 0 spiro atoms. The lowest BCUT2D eigenvalue weighted by Gasteiger charge is -2.34. The predicted molar refractivity (Wildman–Crippen MR) is 66.5 cm³/mol. The quantitative estimate of drug-likeness (QED) is 0.737. The molecule has 2 nitrogen and oxygen atoms in total. The molecule has 1 aromatic rings. The number of benzene rings is 1. The summed E-state index contributed by atoms with van der Waals surface area (Å²) in [7, 11) is 0. The summed E-state index contributed by atoms with van der Waals surface area (Å²) in [6.45, 7) is 4.44. The molecular weight excluding hydrogens is 210 g/mol. The van der Waals surface area contributed by atoms with Gasteiger partial charge in [-0.3, -0.25) is 4.79 Å². The van der Waals surface area contributed by atoms with E-state index in [4.69, 9.17) is 5.26 Å². The molecule has 0 saturated heterocycles. The molecule has 0 aromatic heterocycles. The van der Waals surface area contributed by atoms with E-state index in [0.29, 0.717) is 17.8 Å². The Balaban J connectivity index is 2.25. The number of ketones is 1. The van der Waals surface area contributed by atoms with E-state index in [1.54, 1.807) is 12.1 Å². The molecule has 1 aliphatic carbocycles. The fraction of sp³-hybridized carbons (Fsp3) is 0.467. The maximum Gasteiger partial charge on any atom is 0.140 e. The van der Waals surface area contributed by atoms with Gasteiger partial charge in [-0.25, -0.2) is 0 Å². The van der Waals surface area contributed by atoms with Crippen LogP contribution in [0.25, 0.3) is 0 Å². The highest BCUT2D eigenvalue weighted by Crippen LogP contribution is 2.41. The summed E-state index contributed by atoms with van der Waals surface area (Å²) >= 11 is 0. The average Bonchev–Trinajstić information content (AvgIpc) is 2.33. The van der Waals surface area contributed by atoms with Gasteiger partial charge in [-0.2, -0.15) is 5.26 Å². The number of Topliss-reactive ketones (excluding diaryl/α,β-unsaturated/α-hetero) is 1. The molecule has 1 aliphatic rings. The van der Waals surface area contributed by atoms with Crippen molar-refractivity contribution in [2.45, 2.75) is 39.0 Å². The normalized spacial score (nSPS) is 23.1. The van der Waals surface area contributed by atoms with Gasteiger partial charge in [-0.15, -0.1) is 0 Å². The zero-order chi connectivity index (χ0) is 12.5. The number of hydrogen-bond donors (Lipinski definition) is 0. The summed E-state index contributed by atoms with van der Waals surface area (Å²) in [5.41, 5.74) is 1.95. The van der Waals surface area contributed by atoms with Crippen molar-refractivity contribution in [3.05, 3.63) is 35.4 Å². The highest BCUT2D eigenvalue weighted by molar-refractivity contribution is 5.86. The van der Waals surface area contributed by atoms with E-state index in [-0.39, 0.29) is 11.3 Å². The van der Waals surface area contributed by atoms with Crippen LogP contribution in [0.4, 0.5) is 0 Å². The topological polar surface area (TPSA) is 40.9 Å². The summed E-state index contributed by atoms with van der Waals surface area (Å²) in [6, 6.07) is 9.53. The number of hydrogen-bond acceptors (Lipinski definition) is 2. The number of rotatable bonds is 1. The minimum atomic E-state index is 0.0199. The van der Waals surface area contributed by atoms with Crippen LogP contribution in [0.5, 0.6) is 0 Å². The summed E-state index contributed by atoms with van der Waals surface area (Å²) in [6.07, 6.45) is 2.58. The summed E-state index contributed by atoms with van der Waals surface area (Å²) in [5, 5.41) is 8.76. The maximum atomic E-state index is 12.0. The van der Waals surface area contributed by atoms with Crippen LogP contribution in [0.1, 0.15) is 50.2 Å². The van der Waals surface area contributed by atoms with Gasteiger partial charge in [0, 0.05) is 12.3 Å². The average molecular weight is 227 g/mol. The van der Waals surface area contributed by atoms with Crippen molar-refractivity contribution >= 4 is 5.78 Å². The Morgan fingerprint density at radius 3 is 2.53 bits per heavy atom. The lowest BCUT2D eigenvalue weighted by Crippen LogP contribution is -2.28. The molecule has 0 bridgehead atoms. The lowest BCUT2D eigenvalue weighted by atomic mass is 9.69. The molecule has 0 radical (unpaired) electrons. The third-order valence-corrected chi connectivity index (χ3v) is 3.64. The third-order valence-electron chi connectivity index (χ3n) is 3.64. The Hall–Kier alpha value is -1.62. The number of nitriles is 1. The van der Waals surface area contributed by atoms with E-state index in [0.717, 1.165) is 18.4 Å². The van der Waals surface area contributed by atoms with E-state index in [1.165, 1.54) is 0 Å². The van der Waals surface area contributed by atoms with Gasteiger partial charge >= 0.3 is 0 Å². The monoisotopic (exact) mass is 227 g/mol. The molecule has 88 valence electrons. The van der Waals surface area contributed by atoms with Crippen LogP contribution in [0.3, 0.4) is 0 Å². The van der Waals surface area contributed by atoms with Crippen LogP contribution in [-0.2, 0) is 4.79 Å². The molecule has 0 aliphatic heterocycles. The van der Waals surface area contributed by atoms with Gasteiger partial charge in [0.2, 0.25) is 0 Å². The van der Waals surface area contributed by atoms with Crippen molar-refractivity contribution in [3.8, 4) is 6.07 Å². The van der Waals surface area contributed by atoms with Crippen molar-refractivity contribution in [3.63, 3.8) is 0 Å². The molecule has 2 heteroatoms. The minimum absolute atomic E-state index is 0.0199. The van der Waals surface area contributed by atoms with Gasteiger partial charge in [0.1, 0.15) is 5.78 Å². The van der Waals surface area contributed by atoms with Crippen LogP contribution in [-0.4, -0.2) is 5.78 Å². The summed E-state index contributed by atoms with van der Waals surface area (Å²) in [4.78, 5) is 12.0. The molecule has 0 amide bonds. The Labute approximate surface area is 102 Å². The predicted octanol–water partition coefficient (Wildman–Crippen LogP) is 3.42.